The third-order valence-corrected chi connectivity index (χ3v) is 2.25. The predicted octanol–water partition coefficient (Wildman–Crippen LogP) is 0.845. The van der Waals surface area contributed by atoms with Crippen LogP contribution >= 0.6 is 0 Å². The van der Waals surface area contributed by atoms with E-state index in [-0.39, 0.29) is 23.7 Å². The van der Waals surface area contributed by atoms with Crippen molar-refractivity contribution < 1.29 is 9.59 Å². The van der Waals surface area contributed by atoms with E-state index in [1.165, 1.54) is 6.92 Å². The zero-order valence-electron chi connectivity index (χ0n) is 9.88. The van der Waals surface area contributed by atoms with E-state index in [0.29, 0.717) is 13.0 Å². The van der Waals surface area contributed by atoms with E-state index in [9.17, 15) is 9.59 Å². The summed E-state index contributed by atoms with van der Waals surface area (Å²) >= 11 is 0. The van der Waals surface area contributed by atoms with Crippen molar-refractivity contribution in [1.82, 2.24) is 5.32 Å². The molecule has 0 aliphatic rings. The third kappa shape index (κ3) is 7.08. The number of carbonyl (C=O) groups excluding carboxylic acids is 2. The average Bonchev–Trinajstić information content (AvgIpc) is 2.15. The lowest BCUT2D eigenvalue weighted by molar-refractivity contribution is -0.123. The lowest BCUT2D eigenvalue weighted by atomic mass is 9.98. The third-order valence-electron chi connectivity index (χ3n) is 2.25. The minimum Gasteiger partial charge on any atom is -0.356 e. The lowest BCUT2D eigenvalue weighted by Gasteiger charge is -2.12. The highest BCUT2D eigenvalue weighted by molar-refractivity contribution is 5.85. The van der Waals surface area contributed by atoms with E-state index in [4.69, 9.17) is 5.73 Å². The van der Waals surface area contributed by atoms with E-state index < -0.39 is 0 Å². The molecule has 0 aromatic carbocycles. The van der Waals surface area contributed by atoms with Gasteiger partial charge in [0.2, 0.25) is 5.91 Å². The second-order valence-corrected chi connectivity index (χ2v) is 4.14. The monoisotopic (exact) mass is 214 g/mol. The molecule has 0 radical (unpaired) electrons. The van der Waals surface area contributed by atoms with Crippen LogP contribution in [0.4, 0.5) is 0 Å². The lowest BCUT2D eigenvalue weighted by Crippen LogP contribution is -2.33. The molecule has 0 aromatic heterocycles. The predicted molar refractivity (Wildman–Crippen MR) is 60.4 cm³/mol. The molecule has 1 atom stereocenters. The molecule has 4 heteroatoms. The quantitative estimate of drug-likeness (QED) is 0.617. The van der Waals surface area contributed by atoms with Gasteiger partial charge in [-0.25, -0.2) is 0 Å². The molecule has 0 unspecified atom stereocenters. The molecule has 0 aromatic rings. The van der Waals surface area contributed by atoms with Crippen molar-refractivity contribution in [2.45, 2.75) is 46.1 Å². The topological polar surface area (TPSA) is 72.2 Å². The van der Waals surface area contributed by atoms with E-state index in [1.54, 1.807) is 0 Å². The molecule has 0 aliphatic heterocycles. The maximum Gasteiger partial charge on any atom is 0.216 e. The summed E-state index contributed by atoms with van der Waals surface area (Å²) in [7, 11) is 0. The van der Waals surface area contributed by atoms with Gasteiger partial charge in [0.1, 0.15) is 0 Å². The normalized spacial score (nSPS) is 12.6. The molecule has 1 amide bonds. The SMILES string of the molecule is CC(=O)NCCCC[C@H](N)C(=O)C(C)C. The van der Waals surface area contributed by atoms with Crippen LogP contribution in [0.1, 0.15) is 40.0 Å². The summed E-state index contributed by atoms with van der Waals surface area (Å²) < 4.78 is 0. The fraction of sp³-hybridized carbons (Fsp3) is 0.818. The highest BCUT2D eigenvalue weighted by atomic mass is 16.1. The summed E-state index contributed by atoms with van der Waals surface area (Å²) in [5.74, 6) is 0.113. The molecule has 3 N–H and O–H groups in total. The molecular formula is C11H22N2O2. The van der Waals surface area contributed by atoms with Crippen molar-refractivity contribution in [2.75, 3.05) is 6.54 Å². The molecule has 0 saturated carbocycles. The van der Waals surface area contributed by atoms with Crippen molar-refractivity contribution in [2.24, 2.45) is 11.7 Å². The van der Waals surface area contributed by atoms with Crippen LogP contribution in [0.25, 0.3) is 0 Å². The van der Waals surface area contributed by atoms with Crippen LogP contribution in [0, 0.1) is 5.92 Å². The number of nitrogens with two attached hydrogens (primary N) is 1. The Morgan fingerprint density at radius 3 is 2.33 bits per heavy atom. The molecule has 0 rings (SSSR count). The number of hydrogen-bond acceptors (Lipinski definition) is 3. The number of hydrogen-bond donors (Lipinski definition) is 2. The highest BCUT2D eigenvalue weighted by Gasteiger charge is 2.15. The van der Waals surface area contributed by atoms with Crippen molar-refractivity contribution in [3.8, 4) is 0 Å². The number of unbranched alkanes of at least 4 members (excludes halogenated alkanes) is 1. The van der Waals surface area contributed by atoms with Crippen molar-refractivity contribution in [1.29, 1.82) is 0 Å². The standard InChI is InChI=1S/C11H22N2O2/c1-8(2)11(15)10(12)6-4-5-7-13-9(3)14/h8,10H,4-7,12H2,1-3H3,(H,13,14)/t10-/m0/s1. The molecular weight excluding hydrogens is 192 g/mol. The van der Waals surface area contributed by atoms with Gasteiger partial charge in [-0.15, -0.1) is 0 Å². The summed E-state index contributed by atoms with van der Waals surface area (Å²) in [6.07, 6.45) is 2.45. The maximum atomic E-state index is 11.4. The van der Waals surface area contributed by atoms with Crippen LogP contribution in [0.2, 0.25) is 0 Å². The highest BCUT2D eigenvalue weighted by Crippen LogP contribution is 2.05. The van der Waals surface area contributed by atoms with Gasteiger partial charge in [0.05, 0.1) is 6.04 Å². The van der Waals surface area contributed by atoms with Crippen LogP contribution in [0.15, 0.2) is 0 Å². The second kappa shape index (κ2) is 7.40. The molecule has 0 heterocycles. The first kappa shape index (κ1) is 14.1. The van der Waals surface area contributed by atoms with Crippen LogP contribution in [-0.4, -0.2) is 24.3 Å². The fourth-order valence-corrected chi connectivity index (χ4v) is 1.32. The molecule has 15 heavy (non-hydrogen) atoms. The Morgan fingerprint density at radius 2 is 1.87 bits per heavy atom. The van der Waals surface area contributed by atoms with Crippen molar-refractivity contribution in [3.63, 3.8) is 0 Å². The average molecular weight is 214 g/mol. The van der Waals surface area contributed by atoms with Crippen molar-refractivity contribution >= 4 is 11.7 Å². The Morgan fingerprint density at radius 1 is 1.27 bits per heavy atom. The molecule has 88 valence electrons. The first-order valence-corrected chi connectivity index (χ1v) is 5.49. The van der Waals surface area contributed by atoms with E-state index in [0.717, 1.165) is 12.8 Å². The largest absolute Gasteiger partial charge is 0.356 e. The van der Waals surface area contributed by atoms with Gasteiger partial charge in [-0.1, -0.05) is 13.8 Å². The Labute approximate surface area is 91.6 Å². The Hall–Kier alpha value is -0.900. The molecule has 0 fully saturated rings. The van der Waals surface area contributed by atoms with Gasteiger partial charge in [0, 0.05) is 19.4 Å². The number of Topliss-reactive ketones (excluding diaryl/α,β-unsaturated/α-hetero) is 1. The van der Waals surface area contributed by atoms with E-state index in [2.05, 4.69) is 5.32 Å². The van der Waals surface area contributed by atoms with Crippen LogP contribution in [0.3, 0.4) is 0 Å². The summed E-state index contributed by atoms with van der Waals surface area (Å²) in [5.41, 5.74) is 5.72. The van der Waals surface area contributed by atoms with E-state index >= 15 is 0 Å². The first-order valence-electron chi connectivity index (χ1n) is 5.49. The summed E-state index contributed by atoms with van der Waals surface area (Å²) in [5, 5.41) is 2.71. The number of ketones is 1. The van der Waals surface area contributed by atoms with Crippen molar-refractivity contribution in [3.05, 3.63) is 0 Å². The summed E-state index contributed by atoms with van der Waals surface area (Å²) in [6, 6.07) is -0.345. The van der Waals surface area contributed by atoms with Crippen LogP contribution in [-0.2, 0) is 9.59 Å². The van der Waals surface area contributed by atoms with Gasteiger partial charge < -0.3 is 11.1 Å². The molecule has 0 saturated heterocycles. The smallest absolute Gasteiger partial charge is 0.216 e. The maximum absolute atomic E-state index is 11.4. The zero-order chi connectivity index (χ0) is 11.8. The van der Waals surface area contributed by atoms with Crippen LogP contribution < -0.4 is 11.1 Å². The van der Waals surface area contributed by atoms with Gasteiger partial charge >= 0.3 is 0 Å². The molecule has 0 spiro atoms. The van der Waals surface area contributed by atoms with E-state index in [1.807, 2.05) is 13.8 Å². The van der Waals surface area contributed by atoms with Crippen LogP contribution in [0.5, 0.6) is 0 Å². The van der Waals surface area contributed by atoms with Gasteiger partial charge in [0.25, 0.3) is 0 Å². The first-order chi connectivity index (χ1) is 6.95. The number of carbonyl (C=O) groups is 2. The molecule has 4 nitrogen and oxygen atoms in total. The second-order valence-electron chi connectivity index (χ2n) is 4.14. The molecule has 0 aliphatic carbocycles. The fourth-order valence-electron chi connectivity index (χ4n) is 1.32. The number of nitrogens with one attached hydrogen (secondary N) is 1. The van der Waals surface area contributed by atoms with Gasteiger partial charge in [0.15, 0.2) is 5.78 Å². The number of amides is 1. The zero-order valence-corrected chi connectivity index (χ0v) is 9.88. The summed E-state index contributed by atoms with van der Waals surface area (Å²) in [4.78, 5) is 22.0. The summed E-state index contributed by atoms with van der Waals surface area (Å²) in [6.45, 7) is 5.88. The Balaban J connectivity index is 3.51. The Kier molecular flexibility index (Phi) is 6.96. The minimum absolute atomic E-state index is 0.00958. The minimum atomic E-state index is -0.345. The van der Waals surface area contributed by atoms with Gasteiger partial charge in [-0.2, -0.15) is 0 Å². The van der Waals surface area contributed by atoms with Gasteiger partial charge in [-0.05, 0) is 19.3 Å². The molecule has 0 bridgehead atoms. The number of rotatable bonds is 7. The Bertz CT molecular complexity index is 215. The van der Waals surface area contributed by atoms with Gasteiger partial charge in [-0.3, -0.25) is 9.59 Å².